The highest BCUT2D eigenvalue weighted by atomic mass is 79.9. The van der Waals surface area contributed by atoms with E-state index >= 15 is 0 Å². The van der Waals surface area contributed by atoms with Crippen molar-refractivity contribution in [2.75, 3.05) is 5.88 Å². The Morgan fingerprint density at radius 3 is 2.75 bits per heavy atom. The van der Waals surface area contributed by atoms with Crippen molar-refractivity contribution in [3.63, 3.8) is 0 Å². The first-order valence-electron chi connectivity index (χ1n) is 7.12. The van der Waals surface area contributed by atoms with Crippen molar-refractivity contribution in [3.05, 3.63) is 52.3 Å². The third-order valence-electron chi connectivity index (χ3n) is 3.90. The van der Waals surface area contributed by atoms with Gasteiger partial charge in [0.1, 0.15) is 12.2 Å². The molecule has 0 saturated heterocycles. The monoisotopic (exact) mass is 400 g/mol. The van der Waals surface area contributed by atoms with Gasteiger partial charge >= 0.3 is 0 Å². The van der Waals surface area contributed by atoms with Gasteiger partial charge < -0.3 is 5.73 Å². The first kappa shape index (κ1) is 15.2. The molecule has 0 aliphatic heterocycles. The van der Waals surface area contributed by atoms with E-state index in [-0.39, 0.29) is 17.5 Å². The van der Waals surface area contributed by atoms with Gasteiger partial charge in [0.25, 0.3) is 0 Å². The van der Waals surface area contributed by atoms with Gasteiger partial charge in [-0.2, -0.15) is 0 Å². The third kappa shape index (κ3) is 2.14. The number of benzene rings is 2. The average molecular weight is 402 g/mol. The lowest BCUT2D eigenvalue weighted by Crippen LogP contribution is -2.15. The number of halogens is 2. The standard InChI is InChI=1S/C17H10BrClN4O/c18-10-5-11(23-12(20)6-19)13-14-15(21-7-22-16(10)14)8-3-1-2-4-9(8)17(13)24/h1-5,7H,6H2,(H2,20,23). The first-order chi connectivity index (χ1) is 11.6. The summed E-state index contributed by atoms with van der Waals surface area (Å²) < 4.78 is 0.721. The van der Waals surface area contributed by atoms with Crippen LogP contribution < -0.4 is 5.73 Å². The molecule has 0 unspecified atom stereocenters. The summed E-state index contributed by atoms with van der Waals surface area (Å²) in [5.41, 5.74) is 9.46. The second kappa shape index (κ2) is 5.65. The summed E-state index contributed by atoms with van der Waals surface area (Å²) in [6.45, 7) is 0. The maximum Gasteiger partial charge on any atom is 0.196 e. The van der Waals surface area contributed by atoms with Crippen molar-refractivity contribution in [1.29, 1.82) is 0 Å². The van der Waals surface area contributed by atoms with E-state index in [1.807, 2.05) is 18.2 Å². The van der Waals surface area contributed by atoms with Crippen molar-refractivity contribution in [2.24, 2.45) is 10.7 Å². The van der Waals surface area contributed by atoms with Crippen molar-refractivity contribution in [2.45, 2.75) is 0 Å². The maximum atomic E-state index is 13.1. The van der Waals surface area contributed by atoms with E-state index in [2.05, 4.69) is 30.9 Å². The van der Waals surface area contributed by atoms with Gasteiger partial charge in [-0.3, -0.25) is 4.79 Å². The molecule has 0 radical (unpaired) electrons. The summed E-state index contributed by atoms with van der Waals surface area (Å²) in [5, 5.41) is 0.677. The second-order valence-corrected chi connectivity index (χ2v) is 6.43. The van der Waals surface area contributed by atoms with Gasteiger partial charge in [0.2, 0.25) is 0 Å². The van der Waals surface area contributed by atoms with Crippen LogP contribution in [0.15, 0.2) is 46.1 Å². The van der Waals surface area contributed by atoms with Gasteiger partial charge in [-0.25, -0.2) is 15.0 Å². The summed E-state index contributed by atoms with van der Waals surface area (Å²) in [4.78, 5) is 26.1. The highest BCUT2D eigenvalue weighted by molar-refractivity contribution is 9.10. The van der Waals surface area contributed by atoms with E-state index in [1.165, 1.54) is 6.33 Å². The first-order valence-corrected chi connectivity index (χ1v) is 8.45. The highest BCUT2D eigenvalue weighted by Gasteiger charge is 2.30. The minimum absolute atomic E-state index is 0.0814. The molecule has 2 N–H and O–H groups in total. The van der Waals surface area contributed by atoms with E-state index in [0.717, 1.165) is 10.0 Å². The highest BCUT2D eigenvalue weighted by Crippen LogP contribution is 2.43. The number of amidine groups is 1. The van der Waals surface area contributed by atoms with Crippen LogP contribution in [0.3, 0.4) is 0 Å². The second-order valence-electron chi connectivity index (χ2n) is 5.31. The smallest absolute Gasteiger partial charge is 0.196 e. The lowest BCUT2D eigenvalue weighted by molar-refractivity contribution is 0.104. The number of hydrogen-bond acceptors (Lipinski definition) is 4. The van der Waals surface area contributed by atoms with Gasteiger partial charge in [-0.15, -0.1) is 11.6 Å². The Kier molecular flexibility index (Phi) is 3.58. The fraction of sp³-hybridized carbons (Fsp3) is 0.0588. The van der Waals surface area contributed by atoms with Gasteiger partial charge in [-0.05, 0) is 22.0 Å². The molecule has 0 saturated carbocycles. The third-order valence-corrected chi connectivity index (χ3v) is 4.78. The lowest BCUT2D eigenvalue weighted by Gasteiger charge is -2.20. The Bertz CT molecular complexity index is 1050. The number of rotatable bonds is 2. The molecule has 0 spiro atoms. The number of ketones is 1. The molecule has 0 bridgehead atoms. The molecule has 24 heavy (non-hydrogen) atoms. The zero-order chi connectivity index (χ0) is 16.8. The van der Waals surface area contributed by atoms with Crippen LogP contribution >= 0.6 is 27.5 Å². The number of hydrogen-bond donors (Lipinski definition) is 1. The fourth-order valence-electron chi connectivity index (χ4n) is 2.92. The van der Waals surface area contributed by atoms with Gasteiger partial charge in [0, 0.05) is 21.0 Å². The summed E-state index contributed by atoms with van der Waals surface area (Å²) in [6, 6.07) is 9.12. The van der Waals surface area contributed by atoms with Crippen LogP contribution in [-0.4, -0.2) is 27.5 Å². The number of nitrogens with two attached hydrogens (primary N) is 1. The molecule has 3 aromatic rings. The van der Waals surface area contributed by atoms with E-state index < -0.39 is 0 Å². The van der Waals surface area contributed by atoms with E-state index in [1.54, 1.807) is 12.1 Å². The van der Waals surface area contributed by atoms with Crippen LogP contribution in [0.25, 0.3) is 22.2 Å². The Morgan fingerprint density at radius 2 is 2.00 bits per heavy atom. The normalized spacial score (nSPS) is 13.2. The summed E-state index contributed by atoms with van der Waals surface area (Å²) >= 11 is 9.24. The molecule has 7 heteroatoms. The van der Waals surface area contributed by atoms with Crippen molar-refractivity contribution in [1.82, 2.24) is 9.97 Å². The van der Waals surface area contributed by atoms with Gasteiger partial charge in [0.05, 0.1) is 28.3 Å². The predicted molar refractivity (Wildman–Crippen MR) is 98.1 cm³/mol. The summed E-state index contributed by atoms with van der Waals surface area (Å²) in [6.07, 6.45) is 1.49. The predicted octanol–water partition coefficient (Wildman–Crippen LogP) is 3.83. The topological polar surface area (TPSA) is 81.2 Å². The average Bonchev–Trinajstić information content (AvgIpc) is 2.60. The number of aromatic nitrogens is 2. The largest absolute Gasteiger partial charge is 0.386 e. The maximum absolute atomic E-state index is 13.1. The zero-order valence-electron chi connectivity index (χ0n) is 12.3. The molecule has 1 heterocycles. The van der Waals surface area contributed by atoms with Gasteiger partial charge in [0.15, 0.2) is 5.78 Å². The summed E-state index contributed by atoms with van der Waals surface area (Å²) in [7, 11) is 0. The number of carbonyl (C=O) groups excluding carboxylic acids is 1. The zero-order valence-corrected chi connectivity index (χ0v) is 14.6. The van der Waals surface area contributed by atoms with Crippen LogP contribution in [0.4, 0.5) is 5.69 Å². The molecular formula is C17H10BrClN4O. The van der Waals surface area contributed by atoms with Crippen LogP contribution in [0.1, 0.15) is 15.9 Å². The molecular weight excluding hydrogens is 392 g/mol. The van der Waals surface area contributed by atoms with Crippen molar-refractivity contribution in [3.8, 4) is 11.3 Å². The molecule has 2 aromatic carbocycles. The number of fused-ring (bicyclic) bond motifs is 2. The molecule has 1 aliphatic carbocycles. The Balaban J connectivity index is 2.19. The molecule has 0 fully saturated rings. The molecule has 1 aliphatic rings. The number of aliphatic imine (C=N–C) groups is 1. The van der Waals surface area contributed by atoms with E-state index in [4.69, 9.17) is 17.3 Å². The van der Waals surface area contributed by atoms with Crippen LogP contribution in [-0.2, 0) is 0 Å². The van der Waals surface area contributed by atoms with E-state index in [9.17, 15) is 4.79 Å². The SMILES string of the molecule is NC(CCl)=Nc1cc(Br)c2ncnc3c2c1C(=O)c1ccccc1-3. The van der Waals surface area contributed by atoms with Crippen LogP contribution in [0, 0.1) is 0 Å². The molecule has 4 rings (SSSR count). The Hall–Kier alpha value is -2.31. The lowest BCUT2D eigenvalue weighted by atomic mass is 9.86. The minimum Gasteiger partial charge on any atom is -0.386 e. The number of nitrogens with zero attached hydrogens (tertiary/aromatic N) is 3. The van der Waals surface area contributed by atoms with Gasteiger partial charge in [-0.1, -0.05) is 24.3 Å². The molecule has 5 nitrogen and oxygen atoms in total. The van der Waals surface area contributed by atoms with Crippen LogP contribution in [0.2, 0.25) is 0 Å². The molecule has 118 valence electrons. The van der Waals surface area contributed by atoms with Crippen molar-refractivity contribution < 1.29 is 4.79 Å². The molecule has 0 atom stereocenters. The Labute approximate surface area is 150 Å². The Morgan fingerprint density at radius 1 is 1.25 bits per heavy atom. The molecule has 0 amide bonds. The van der Waals surface area contributed by atoms with Crippen molar-refractivity contribution >= 4 is 55.7 Å². The molecule has 1 aromatic heterocycles. The summed E-state index contributed by atoms with van der Waals surface area (Å²) in [5.74, 6) is 0.202. The number of carbonyl (C=O) groups is 1. The quantitative estimate of drug-likeness (QED) is 0.314. The van der Waals surface area contributed by atoms with Crippen LogP contribution in [0.5, 0.6) is 0 Å². The number of alkyl halides is 1. The fourth-order valence-corrected chi connectivity index (χ4v) is 3.50. The van der Waals surface area contributed by atoms with E-state index in [0.29, 0.717) is 33.4 Å². The minimum atomic E-state index is -0.119.